The van der Waals surface area contributed by atoms with Gasteiger partial charge in [0, 0.05) is 6.54 Å². The molecule has 13 heavy (non-hydrogen) atoms. The predicted molar refractivity (Wildman–Crippen MR) is 53.5 cm³/mol. The normalized spacial score (nSPS) is 44.8. The fraction of sp³-hybridized carbons (Fsp3) is 1.00. The number of rotatable bonds is 2. The summed E-state index contributed by atoms with van der Waals surface area (Å²) in [5.41, 5.74) is 5.90. The van der Waals surface area contributed by atoms with Crippen molar-refractivity contribution in [2.24, 2.45) is 11.7 Å². The lowest BCUT2D eigenvalue weighted by Crippen LogP contribution is -2.34. The Labute approximate surface area is 80.8 Å². The predicted octanol–water partition coefficient (Wildman–Crippen LogP) is 2.07. The average Bonchev–Trinajstić information content (AvgIpc) is 2.74. The molecule has 0 aromatic carbocycles. The third-order valence-corrected chi connectivity index (χ3v) is 3.94. The first-order valence-electron chi connectivity index (χ1n) is 5.68. The molecular weight excluding hydrogens is 162 g/mol. The van der Waals surface area contributed by atoms with Crippen LogP contribution < -0.4 is 5.73 Å². The van der Waals surface area contributed by atoms with Gasteiger partial charge in [-0.25, -0.2) is 0 Å². The van der Waals surface area contributed by atoms with E-state index in [0.29, 0.717) is 12.6 Å². The van der Waals surface area contributed by atoms with Crippen LogP contribution in [-0.2, 0) is 4.74 Å². The molecule has 1 saturated heterocycles. The van der Waals surface area contributed by atoms with E-state index < -0.39 is 0 Å². The fourth-order valence-electron chi connectivity index (χ4n) is 3.20. The molecule has 2 aliphatic rings. The molecule has 0 amide bonds. The molecule has 2 N–H and O–H groups in total. The van der Waals surface area contributed by atoms with E-state index in [4.69, 9.17) is 10.5 Å². The second kappa shape index (κ2) is 3.58. The molecule has 2 heteroatoms. The number of nitrogens with two attached hydrogens (primary N) is 1. The van der Waals surface area contributed by atoms with Crippen LogP contribution in [-0.4, -0.2) is 18.2 Å². The second-order valence-corrected chi connectivity index (χ2v) is 4.58. The smallest absolute Gasteiger partial charge is 0.0715 e. The van der Waals surface area contributed by atoms with E-state index in [1.807, 2.05) is 0 Å². The van der Waals surface area contributed by atoms with Gasteiger partial charge in [-0.15, -0.1) is 0 Å². The number of hydrogen-bond acceptors (Lipinski definition) is 2. The second-order valence-electron chi connectivity index (χ2n) is 4.58. The highest BCUT2D eigenvalue weighted by molar-refractivity contribution is 4.98. The summed E-state index contributed by atoms with van der Waals surface area (Å²) in [6.07, 6.45) is 8.08. The molecule has 3 atom stereocenters. The lowest BCUT2D eigenvalue weighted by molar-refractivity contribution is -0.0632. The summed E-state index contributed by atoms with van der Waals surface area (Å²) in [7, 11) is 0. The molecule has 1 aliphatic carbocycles. The monoisotopic (exact) mass is 183 g/mol. The van der Waals surface area contributed by atoms with Crippen molar-refractivity contribution in [3.05, 3.63) is 0 Å². The van der Waals surface area contributed by atoms with Gasteiger partial charge in [-0.05, 0) is 31.6 Å². The minimum atomic E-state index is 0.249. The Balaban J connectivity index is 2.04. The molecule has 2 nitrogen and oxygen atoms in total. The van der Waals surface area contributed by atoms with E-state index >= 15 is 0 Å². The van der Waals surface area contributed by atoms with Gasteiger partial charge in [0.1, 0.15) is 0 Å². The van der Waals surface area contributed by atoms with Gasteiger partial charge in [0.25, 0.3) is 0 Å². The highest BCUT2D eigenvalue weighted by Crippen LogP contribution is 2.48. The third kappa shape index (κ3) is 1.50. The molecule has 0 aromatic heterocycles. The zero-order valence-electron chi connectivity index (χ0n) is 8.59. The van der Waals surface area contributed by atoms with Crippen LogP contribution in [0.15, 0.2) is 0 Å². The van der Waals surface area contributed by atoms with Gasteiger partial charge < -0.3 is 10.5 Å². The molecular formula is C11H21NO. The van der Waals surface area contributed by atoms with Crippen LogP contribution in [0.5, 0.6) is 0 Å². The Kier molecular flexibility index (Phi) is 2.61. The van der Waals surface area contributed by atoms with Crippen LogP contribution >= 0.6 is 0 Å². The van der Waals surface area contributed by atoms with Crippen molar-refractivity contribution in [3.63, 3.8) is 0 Å². The van der Waals surface area contributed by atoms with Gasteiger partial charge in [0.05, 0.1) is 11.7 Å². The summed E-state index contributed by atoms with van der Waals surface area (Å²) in [5.74, 6) is 0.809. The van der Waals surface area contributed by atoms with Gasteiger partial charge in [0.15, 0.2) is 0 Å². The molecule has 0 bridgehead atoms. The van der Waals surface area contributed by atoms with E-state index in [1.165, 1.54) is 38.5 Å². The van der Waals surface area contributed by atoms with Crippen LogP contribution in [0.4, 0.5) is 0 Å². The van der Waals surface area contributed by atoms with Gasteiger partial charge >= 0.3 is 0 Å². The van der Waals surface area contributed by atoms with Crippen LogP contribution in [0.25, 0.3) is 0 Å². The van der Waals surface area contributed by atoms with E-state index in [0.717, 1.165) is 5.92 Å². The molecule has 0 aromatic rings. The molecule has 1 aliphatic heterocycles. The summed E-state index contributed by atoms with van der Waals surface area (Å²) in [5, 5.41) is 0. The van der Waals surface area contributed by atoms with Gasteiger partial charge in [-0.1, -0.05) is 19.8 Å². The zero-order chi connectivity index (χ0) is 9.31. The van der Waals surface area contributed by atoms with Crippen molar-refractivity contribution in [2.45, 2.75) is 57.2 Å². The van der Waals surface area contributed by atoms with E-state index in [2.05, 4.69) is 6.92 Å². The fourth-order valence-corrected chi connectivity index (χ4v) is 3.20. The number of hydrogen-bond donors (Lipinski definition) is 1. The van der Waals surface area contributed by atoms with Crippen molar-refractivity contribution < 1.29 is 4.74 Å². The lowest BCUT2D eigenvalue weighted by Gasteiger charge is -2.30. The summed E-state index contributed by atoms with van der Waals surface area (Å²) >= 11 is 0. The van der Waals surface area contributed by atoms with Crippen LogP contribution in [0.3, 0.4) is 0 Å². The maximum Gasteiger partial charge on any atom is 0.0715 e. The lowest BCUT2D eigenvalue weighted by atomic mass is 9.86. The Morgan fingerprint density at radius 3 is 2.85 bits per heavy atom. The molecule has 2 rings (SSSR count). The molecule has 0 radical (unpaired) electrons. The summed E-state index contributed by atoms with van der Waals surface area (Å²) < 4.78 is 6.14. The van der Waals surface area contributed by atoms with Crippen molar-refractivity contribution >= 4 is 0 Å². The number of ether oxygens (including phenoxy) is 1. The Morgan fingerprint density at radius 2 is 2.23 bits per heavy atom. The largest absolute Gasteiger partial charge is 0.370 e. The Morgan fingerprint density at radius 1 is 1.38 bits per heavy atom. The topological polar surface area (TPSA) is 35.2 Å². The van der Waals surface area contributed by atoms with Gasteiger partial charge in [-0.2, -0.15) is 0 Å². The van der Waals surface area contributed by atoms with Crippen molar-refractivity contribution in [1.82, 2.24) is 0 Å². The quantitative estimate of drug-likeness (QED) is 0.711. The van der Waals surface area contributed by atoms with Crippen LogP contribution in [0.2, 0.25) is 0 Å². The highest BCUT2D eigenvalue weighted by atomic mass is 16.5. The van der Waals surface area contributed by atoms with Crippen molar-refractivity contribution in [1.29, 1.82) is 0 Å². The van der Waals surface area contributed by atoms with E-state index in [1.54, 1.807) is 0 Å². The Bertz CT molecular complexity index is 183. The Hall–Kier alpha value is -0.0800. The van der Waals surface area contributed by atoms with Crippen LogP contribution in [0, 0.1) is 5.92 Å². The molecule has 76 valence electrons. The van der Waals surface area contributed by atoms with Gasteiger partial charge in [0.2, 0.25) is 0 Å². The first kappa shape index (κ1) is 9.47. The summed E-state index contributed by atoms with van der Waals surface area (Å²) in [4.78, 5) is 0. The zero-order valence-corrected chi connectivity index (χ0v) is 8.59. The van der Waals surface area contributed by atoms with Crippen molar-refractivity contribution in [2.75, 3.05) is 6.54 Å². The van der Waals surface area contributed by atoms with E-state index in [-0.39, 0.29) is 5.60 Å². The first-order valence-corrected chi connectivity index (χ1v) is 5.68. The third-order valence-electron chi connectivity index (χ3n) is 3.94. The molecule has 2 fully saturated rings. The van der Waals surface area contributed by atoms with Gasteiger partial charge in [-0.3, -0.25) is 0 Å². The molecule has 1 saturated carbocycles. The van der Waals surface area contributed by atoms with Crippen molar-refractivity contribution in [3.8, 4) is 0 Å². The SMILES string of the molecule is CC[C@@H]1CCC[C@@]12CC[C@H](CN)O2. The average molecular weight is 183 g/mol. The summed E-state index contributed by atoms with van der Waals surface area (Å²) in [6.45, 7) is 3.00. The van der Waals surface area contributed by atoms with E-state index in [9.17, 15) is 0 Å². The highest BCUT2D eigenvalue weighted by Gasteiger charge is 2.47. The molecule has 1 heterocycles. The first-order chi connectivity index (χ1) is 6.30. The molecule has 1 spiro atoms. The molecule has 0 unspecified atom stereocenters. The minimum absolute atomic E-state index is 0.249. The standard InChI is InChI=1S/C11H21NO/c1-2-9-4-3-6-11(9)7-5-10(8-12)13-11/h9-10H,2-8,12H2,1H3/t9-,10-,11-/m1/s1. The van der Waals surface area contributed by atoms with Crippen LogP contribution in [0.1, 0.15) is 45.4 Å². The minimum Gasteiger partial charge on any atom is -0.370 e. The summed E-state index contributed by atoms with van der Waals surface area (Å²) in [6, 6.07) is 0. The maximum absolute atomic E-state index is 6.14. The maximum atomic E-state index is 6.14.